The Morgan fingerprint density at radius 3 is 2.50 bits per heavy atom. The van der Waals surface area contributed by atoms with Crippen molar-refractivity contribution in [2.75, 3.05) is 25.0 Å². The minimum Gasteiger partial charge on any atom is -0.326 e. The Kier molecular flexibility index (Phi) is 2.53. The molecule has 16 heavy (non-hydrogen) atoms. The van der Waals surface area contributed by atoms with Crippen LogP contribution in [0.25, 0.3) is 0 Å². The van der Waals surface area contributed by atoms with Crippen molar-refractivity contribution in [1.29, 1.82) is 0 Å². The van der Waals surface area contributed by atoms with Crippen LogP contribution in [0.2, 0.25) is 0 Å². The van der Waals surface area contributed by atoms with Gasteiger partial charge in [0, 0.05) is 20.1 Å². The van der Waals surface area contributed by atoms with Crippen LogP contribution in [-0.4, -0.2) is 36.9 Å². The number of anilines is 1. The van der Waals surface area contributed by atoms with Crippen molar-refractivity contribution in [3.63, 3.8) is 0 Å². The van der Waals surface area contributed by atoms with Crippen LogP contribution in [0.15, 0.2) is 12.1 Å². The summed E-state index contributed by atoms with van der Waals surface area (Å²) in [6.45, 7) is 2.84. The van der Waals surface area contributed by atoms with Gasteiger partial charge >= 0.3 is 6.03 Å². The summed E-state index contributed by atoms with van der Waals surface area (Å²) in [7, 11) is 1.76. The van der Waals surface area contributed by atoms with Crippen molar-refractivity contribution >= 4 is 17.5 Å². The molecular formula is C12H12N2O2. The minimum atomic E-state index is -0.0485. The lowest BCUT2D eigenvalue weighted by molar-refractivity contribution is 0.101. The molecule has 1 heterocycles. The zero-order chi connectivity index (χ0) is 11.7. The molecule has 1 aliphatic heterocycles. The minimum absolute atomic E-state index is 0.0415. The molecule has 2 rings (SSSR count). The molecule has 0 aliphatic carbocycles. The van der Waals surface area contributed by atoms with E-state index in [0.29, 0.717) is 24.3 Å². The largest absolute Gasteiger partial charge is 0.326 e. The molecule has 0 N–H and O–H groups in total. The van der Waals surface area contributed by atoms with E-state index in [1.807, 2.05) is 0 Å². The molecule has 0 atom stereocenters. The van der Waals surface area contributed by atoms with Crippen LogP contribution in [0.3, 0.4) is 0 Å². The number of ketones is 1. The van der Waals surface area contributed by atoms with Crippen LogP contribution in [0.5, 0.6) is 0 Å². The Labute approximate surface area is 94.5 Å². The second kappa shape index (κ2) is 3.86. The lowest BCUT2D eigenvalue weighted by Gasteiger charge is -2.13. The number of carbonyl (C=O) groups excluding carboxylic acids is 2. The Balaban J connectivity index is 2.22. The lowest BCUT2D eigenvalue weighted by Crippen LogP contribution is -2.28. The highest BCUT2D eigenvalue weighted by atomic mass is 16.2. The van der Waals surface area contributed by atoms with Gasteiger partial charge in [-0.15, -0.1) is 0 Å². The lowest BCUT2D eigenvalue weighted by atomic mass is 10.2. The van der Waals surface area contributed by atoms with E-state index < -0.39 is 0 Å². The maximum atomic E-state index is 11.7. The van der Waals surface area contributed by atoms with Crippen molar-refractivity contribution in [2.45, 2.75) is 6.92 Å². The average Bonchev–Trinajstić information content (AvgIpc) is 2.60. The average molecular weight is 216 g/mol. The van der Waals surface area contributed by atoms with Crippen LogP contribution in [-0.2, 0) is 0 Å². The van der Waals surface area contributed by atoms with Gasteiger partial charge in [-0.05, 0) is 25.1 Å². The fraction of sp³-hybridized carbons (Fsp3) is 0.333. The Morgan fingerprint density at radius 1 is 1.31 bits per heavy atom. The van der Waals surface area contributed by atoms with Gasteiger partial charge in [0.15, 0.2) is 5.78 Å². The van der Waals surface area contributed by atoms with Crippen LogP contribution in [0.1, 0.15) is 17.3 Å². The van der Waals surface area contributed by atoms with Crippen molar-refractivity contribution in [2.24, 2.45) is 0 Å². The molecular weight excluding hydrogens is 204 g/mol. The van der Waals surface area contributed by atoms with Crippen molar-refractivity contribution in [3.8, 4) is 0 Å². The molecule has 0 radical (unpaired) electrons. The fourth-order valence-electron chi connectivity index (χ4n) is 1.61. The van der Waals surface area contributed by atoms with Crippen molar-refractivity contribution in [3.05, 3.63) is 29.8 Å². The monoisotopic (exact) mass is 216 g/mol. The second-order valence-electron chi connectivity index (χ2n) is 3.79. The maximum Gasteiger partial charge on any atom is 0.324 e. The Morgan fingerprint density at radius 2 is 2.06 bits per heavy atom. The summed E-state index contributed by atoms with van der Waals surface area (Å²) in [5.41, 5.74) is 1.16. The Hall–Kier alpha value is -2.02. The fourth-order valence-corrected chi connectivity index (χ4v) is 1.61. The molecule has 1 saturated heterocycles. The zero-order valence-corrected chi connectivity index (χ0v) is 9.28. The number of likely N-dealkylation sites (N-methyl/N-ethyl adjacent to an activating group) is 1. The van der Waals surface area contributed by atoms with Gasteiger partial charge in [0.25, 0.3) is 0 Å². The third-order valence-electron chi connectivity index (χ3n) is 2.62. The van der Waals surface area contributed by atoms with E-state index >= 15 is 0 Å². The molecule has 0 bridgehead atoms. The highest BCUT2D eigenvalue weighted by Gasteiger charge is 2.26. The van der Waals surface area contributed by atoms with Gasteiger partial charge in [0.2, 0.25) is 0 Å². The molecule has 0 aromatic heterocycles. The molecule has 0 spiro atoms. The summed E-state index contributed by atoms with van der Waals surface area (Å²) in [4.78, 5) is 26.0. The SMILES string of the molecule is CC(=O)c1c#cc(N2CCN(C)C2=O)cc1. The molecule has 82 valence electrons. The third kappa shape index (κ3) is 1.72. The molecule has 0 saturated carbocycles. The van der Waals surface area contributed by atoms with Crippen molar-refractivity contribution in [1.82, 2.24) is 4.90 Å². The van der Waals surface area contributed by atoms with Gasteiger partial charge in [-0.3, -0.25) is 9.69 Å². The maximum absolute atomic E-state index is 11.7. The van der Waals surface area contributed by atoms with E-state index in [1.54, 1.807) is 29.0 Å². The summed E-state index contributed by atoms with van der Waals surface area (Å²) in [6.07, 6.45) is 0. The molecule has 1 fully saturated rings. The summed E-state index contributed by atoms with van der Waals surface area (Å²) < 4.78 is 0. The predicted molar refractivity (Wildman–Crippen MR) is 59.5 cm³/mol. The number of rotatable bonds is 2. The first-order chi connectivity index (χ1) is 7.59. The number of hydrogen-bond acceptors (Lipinski definition) is 2. The highest BCUT2D eigenvalue weighted by molar-refractivity contribution is 5.95. The standard InChI is InChI=1S/C12H12N2O2/c1-9(15)10-3-5-11(6-4-10)14-8-7-13(2)12(14)16/h3,5H,7-8H2,1-2H3. The first-order valence-corrected chi connectivity index (χ1v) is 5.07. The molecule has 4 nitrogen and oxygen atoms in total. The van der Waals surface area contributed by atoms with Crippen molar-refractivity contribution < 1.29 is 9.59 Å². The molecule has 1 aliphatic rings. The molecule has 0 unspecified atom stereocenters. The highest BCUT2D eigenvalue weighted by Crippen LogP contribution is 2.17. The summed E-state index contributed by atoms with van der Waals surface area (Å²) in [5, 5.41) is 0. The number of amides is 2. The quantitative estimate of drug-likeness (QED) is 0.700. The Bertz CT molecular complexity index is 425. The van der Waals surface area contributed by atoms with E-state index in [0.717, 1.165) is 0 Å². The van der Waals surface area contributed by atoms with Crippen LogP contribution >= 0.6 is 0 Å². The first kappa shape index (κ1) is 10.5. The normalized spacial score (nSPS) is 15.2. The topological polar surface area (TPSA) is 40.6 Å². The van der Waals surface area contributed by atoms with Gasteiger partial charge in [0.1, 0.15) is 0 Å². The number of urea groups is 1. The summed E-state index contributed by atoms with van der Waals surface area (Å²) >= 11 is 0. The molecule has 1 aromatic carbocycles. The summed E-state index contributed by atoms with van der Waals surface area (Å²) in [6, 6.07) is 8.96. The van der Waals surface area contributed by atoms with Gasteiger partial charge < -0.3 is 4.90 Å². The number of Topliss-reactive ketones (excluding diaryl/α,β-unsaturated/α-hetero) is 1. The van der Waals surface area contributed by atoms with E-state index in [-0.39, 0.29) is 11.8 Å². The molecule has 4 heteroatoms. The van der Waals surface area contributed by atoms with E-state index in [9.17, 15) is 9.59 Å². The summed E-state index contributed by atoms with van der Waals surface area (Å²) in [5.74, 6) is -0.0485. The predicted octanol–water partition coefficient (Wildman–Crippen LogP) is 1.36. The first-order valence-electron chi connectivity index (χ1n) is 5.07. The van der Waals surface area contributed by atoms with Gasteiger partial charge in [-0.2, -0.15) is 0 Å². The second-order valence-corrected chi connectivity index (χ2v) is 3.79. The van der Waals surface area contributed by atoms with Crippen LogP contribution in [0, 0.1) is 12.1 Å². The van der Waals surface area contributed by atoms with Gasteiger partial charge in [-0.25, -0.2) is 4.79 Å². The van der Waals surface area contributed by atoms with E-state index in [1.165, 1.54) is 6.92 Å². The van der Waals surface area contributed by atoms with E-state index in [4.69, 9.17) is 0 Å². The van der Waals surface area contributed by atoms with E-state index in [2.05, 4.69) is 12.1 Å². The van der Waals surface area contributed by atoms with Gasteiger partial charge in [0.05, 0.1) is 11.3 Å². The number of hydrogen-bond donors (Lipinski definition) is 0. The number of carbonyl (C=O) groups is 2. The molecule has 1 aromatic rings. The number of nitrogens with zero attached hydrogens (tertiary/aromatic N) is 2. The van der Waals surface area contributed by atoms with Crippen LogP contribution < -0.4 is 4.90 Å². The zero-order valence-electron chi connectivity index (χ0n) is 9.28. The third-order valence-corrected chi connectivity index (χ3v) is 2.62. The smallest absolute Gasteiger partial charge is 0.324 e. The molecule has 2 amide bonds. The van der Waals surface area contributed by atoms with Gasteiger partial charge in [-0.1, -0.05) is 6.07 Å². The van der Waals surface area contributed by atoms with Crippen LogP contribution in [0.4, 0.5) is 10.5 Å².